The first kappa shape index (κ1) is 62.6. The SMILES string of the molecule is CC(C)(C)OC(=O)N1C[C@H](CC(=O)OCC2c3ccccc3-c3ccccc32)C[C@H]1C(N)=S.CCOC(=O)C(=O)CBr.CCOC(=O)c1csc([C@@H]2C[C@@H](CC(=O)OCC3c4ccccc4-c4ccccc43)CN2C(=O)OC(C)(C)C)n1. The number of halogens is 1. The second kappa shape index (κ2) is 27.8. The van der Waals surface area contributed by atoms with Gasteiger partial charge in [-0.05, 0) is 125 Å². The molecule has 0 unspecified atom stereocenters. The fourth-order valence-electron chi connectivity index (χ4n) is 10.5. The Labute approximate surface area is 496 Å². The third kappa shape index (κ3) is 15.9. The molecule has 4 atom stereocenters. The number of rotatable bonds is 15. The van der Waals surface area contributed by atoms with Gasteiger partial charge in [0.25, 0.3) is 0 Å². The minimum atomic E-state index is -0.769. The highest BCUT2D eigenvalue weighted by molar-refractivity contribution is 9.09. The zero-order valence-electron chi connectivity index (χ0n) is 47.5. The summed E-state index contributed by atoms with van der Waals surface area (Å²) in [6, 6.07) is 32.1. The van der Waals surface area contributed by atoms with Gasteiger partial charge in [-0.2, -0.15) is 0 Å². The summed E-state index contributed by atoms with van der Waals surface area (Å²) in [5.74, 6) is -2.61. The molecule has 4 aromatic carbocycles. The van der Waals surface area contributed by atoms with E-state index in [2.05, 4.69) is 74.2 Å². The molecule has 2 aliphatic heterocycles. The maximum Gasteiger partial charge on any atom is 0.410 e. The summed E-state index contributed by atoms with van der Waals surface area (Å²) in [7, 11) is 0. The van der Waals surface area contributed by atoms with Crippen molar-refractivity contribution in [3.8, 4) is 22.3 Å². The lowest BCUT2D eigenvalue weighted by Crippen LogP contribution is -2.45. The van der Waals surface area contributed by atoms with E-state index in [4.69, 9.17) is 41.6 Å². The van der Waals surface area contributed by atoms with Gasteiger partial charge in [-0.25, -0.2) is 24.2 Å². The number of Topliss-reactive ketones (excluding diaryl/α,β-unsaturated/α-hetero) is 1. The summed E-state index contributed by atoms with van der Waals surface area (Å²) in [6.07, 6.45) is 0.477. The van der Waals surface area contributed by atoms with Crippen LogP contribution in [0.1, 0.15) is 137 Å². The van der Waals surface area contributed by atoms with Crippen molar-refractivity contribution < 1.29 is 62.0 Å². The average Bonchev–Trinajstić information content (AvgIpc) is 3.86. The van der Waals surface area contributed by atoms with Crippen molar-refractivity contribution in [3.05, 3.63) is 135 Å². The van der Waals surface area contributed by atoms with Crippen molar-refractivity contribution in [2.24, 2.45) is 17.6 Å². The molecular formula is C62H71BrN4O13S2. The van der Waals surface area contributed by atoms with Gasteiger partial charge < -0.3 is 34.2 Å². The number of carbonyl (C=O) groups is 7. The Morgan fingerprint density at radius 2 is 1.04 bits per heavy atom. The zero-order valence-corrected chi connectivity index (χ0v) is 50.7. The van der Waals surface area contributed by atoms with Gasteiger partial charge in [0.1, 0.15) is 29.4 Å². The van der Waals surface area contributed by atoms with Crippen molar-refractivity contribution in [1.82, 2.24) is 14.8 Å². The molecule has 9 rings (SSSR count). The van der Waals surface area contributed by atoms with E-state index in [1.54, 1.807) is 24.1 Å². The molecule has 17 nitrogen and oxygen atoms in total. The predicted molar refractivity (Wildman–Crippen MR) is 318 cm³/mol. The second-order valence-corrected chi connectivity index (χ2v) is 24.1. The monoisotopic (exact) mass is 1220 g/mol. The van der Waals surface area contributed by atoms with Crippen molar-refractivity contribution in [2.75, 3.05) is 44.8 Å². The number of aromatic nitrogens is 1. The fourth-order valence-corrected chi connectivity index (χ4v) is 11.9. The molecule has 436 valence electrons. The van der Waals surface area contributed by atoms with E-state index in [1.807, 2.05) is 90.1 Å². The van der Waals surface area contributed by atoms with E-state index in [0.29, 0.717) is 30.9 Å². The van der Waals surface area contributed by atoms with Crippen LogP contribution in [0.5, 0.6) is 0 Å². The van der Waals surface area contributed by atoms with E-state index >= 15 is 0 Å². The smallest absolute Gasteiger partial charge is 0.410 e. The first-order chi connectivity index (χ1) is 39.0. The Hall–Kier alpha value is -7.03. The number of likely N-dealkylation sites (tertiary alicyclic amines) is 2. The second-order valence-electron chi connectivity index (χ2n) is 22.2. The molecule has 2 amide bonds. The van der Waals surface area contributed by atoms with Crippen LogP contribution >= 0.6 is 39.5 Å². The number of nitrogens with two attached hydrogens (primary N) is 1. The number of thiocarbonyl (C=S) groups is 1. The Morgan fingerprint density at radius 1 is 0.622 bits per heavy atom. The van der Waals surface area contributed by atoms with Crippen LogP contribution in [0.3, 0.4) is 0 Å². The largest absolute Gasteiger partial charge is 0.465 e. The first-order valence-corrected chi connectivity index (χ1v) is 29.8. The standard InChI is InChI=1S/C31H34N2O6S.C26H30N2O4S.C5H7BrO3/c1-5-37-29(35)25-18-40-28(32-25)26-14-19(16-33(26)30(36)39-31(2,3)4)15-27(34)38-17-24-22-12-8-6-10-20(22)21-11-7-9-13-23(21)24;1-26(2,3)32-25(30)28-14-16(12-22(28)24(27)33)13-23(29)31-15-21-19-10-6-4-8-17(19)18-9-5-7-11-20(18)21;1-2-9-5(8)4(7)3-6/h6-13,18-19,24,26H,5,14-17H2,1-4H3;4-11,16,21-22H,12-15H2,1-3H3,(H2,27,33);2-3H2,1H3/t19-,26-;16-,22-;/m00./s1. The number of amides is 2. The third-order valence-electron chi connectivity index (χ3n) is 13.9. The lowest BCUT2D eigenvalue weighted by molar-refractivity contribution is -0.152. The highest BCUT2D eigenvalue weighted by Crippen LogP contribution is 2.46. The molecule has 2 fully saturated rings. The molecular weight excluding hydrogens is 1150 g/mol. The summed E-state index contributed by atoms with van der Waals surface area (Å²) in [5.41, 5.74) is 14.2. The van der Waals surface area contributed by atoms with Crippen LogP contribution in [0.4, 0.5) is 9.59 Å². The normalized spacial score (nSPS) is 17.8. The Kier molecular flexibility index (Phi) is 21.2. The number of fused-ring (bicyclic) bond motifs is 6. The molecule has 0 bridgehead atoms. The van der Waals surface area contributed by atoms with E-state index in [9.17, 15) is 33.6 Å². The van der Waals surface area contributed by atoms with Gasteiger partial charge in [0.15, 0.2) is 5.69 Å². The average molecular weight is 1220 g/mol. The molecule has 20 heteroatoms. The third-order valence-corrected chi connectivity index (χ3v) is 15.7. The minimum absolute atomic E-state index is 0.0115. The van der Waals surface area contributed by atoms with Crippen LogP contribution in [0.25, 0.3) is 22.3 Å². The van der Waals surface area contributed by atoms with Gasteiger partial charge in [0.2, 0.25) is 5.78 Å². The number of hydrogen-bond acceptors (Lipinski definition) is 16. The molecule has 82 heavy (non-hydrogen) atoms. The lowest BCUT2D eigenvalue weighted by Gasteiger charge is -2.28. The van der Waals surface area contributed by atoms with Gasteiger partial charge >= 0.3 is 36.1 Å². The number of esters is 4. The minimum Gasteiger partial charge on any atom is -0.465 e. The highest BCUT2D eigenvalue weighted by Gasteiger charge is 2.43. The molecule has 2 saturated heterocycles. The van der Waals surface area contributed by atoms with Crippen LogP contribution < -0.4 is 5.73 Å². The summed E-state index contributed by atoms with van der Waals surface area (Å²) >= 11 is 9.30. The van der Waals surface area contributed by atoms with Crippen molar-refractivity contribution >= 4 is 86.3 Å². The molecule has 4 aliphatic rings. The maximum absolute atomic E-state index is 13.1. The topological polar surface area (TPSA) is 220 Å². The fraction of sp³-hybridized carbons (Fsp3) is 0.435. The molecule has 2 aliphatic carbocycles. The summed E-state index contributed by atoms with van der Waals surface area (Å²) in [5, 5.41) is 2.29. The van der Waals surface area contributed by atoms with E-state index in [0.717, 1.165) is 11.1 Å². The van der Waals surface area contributed by atoms with Crippen molar-refractivity contribution in [1.29, 1.82) is 0 Å². The Morgan fingerprint density at radius 3 is 1.45 bits per heavy atom. The Balaban J connectivity index is 0.000000208. The maximum atomic E-state index is 13.1. The quantitative estimate of drug-likeness (QED) is 0.0338. The number of thiazole rings is 1. The summed E-state index contributed by atoms with van der Waals surface area (Å²) < 4.78 is 32.2. The molecule has 0 radical (unpaired) electrons. The van der Waals surface area contributed by atoms with Crippen molar-refractivity contribution in [2.45, 2.75) is 116 Å². The van der Waals surface area contributed by atoms with Gasteiger partial charge in [-0.3, -0.25) is 24.2 Å². The molecule has 3 heterocycles. The van der Waals surface area contributed by atoms with Gasteiger partial charge in [0.05, 0.1) is 48.5 Å². The number of benzene rings is 4. The number of ketones is 1. The number of nitrogens with zero attached hydrogens (tertiary/aromatic N) is 3. The number of ether oxygens (including phenoxy) is 6. The molecule has 5 aromatic rings. The molecule has 0 spiro atoms. The predicted octanol–water partition coefficient (Wildman–Crippen LogP) is 11.5. The van der Waals surface area contributed by atoms with Gasteiger partial charge in [0, 0.05) is 30.3 Å². The molecule has 2 N–H and O–H groups in total. The van der Waals surface area contributed by atoms with Crippen LogP contribution in [0.2, 0.25) is 0 Å². The van der Waals surface area contributed by atoms with Crippen molar-refractivity contribution in [3.63, 3.8) is 0 Å². The molecule has 0 saturated carbocycles. The van der Waals surface area contributed by atoms with Crippen LogP contribution in [0.15, 0.2) is 102 Å². The van der Waals surface area contributed by atoms with Crippen LogP contribution in [0, 0.1) is 11.8 Å². The van der Waals surface area contributed by atoms with Gasteiger partial charge in [-0.1, -0.05) is 125 Å². The van der Waals surface area contributed by atoms with E-state index in [1.165, 1.54) is 49.6 Å². The van der Waals surface area contributed by atoms with Crippen LogP contribution in [-0.2, 0) is 47.6 Å². The Bertz CT molecular complexity index is 3060. The lowest BCUT2D eigenvalue weighted by atomic mass is 9.98. The number of hydrogen-bond donors (Lipinski definition) is 1. The number of carbonyl (C=O) groups excluding carboxylic acids is 7. The highest BCUT2D eigenvalue weighted by atomic mass is 79.9. The number of alkyl halides is 1. The van der Waals surface area contributed by atoms with Gasteiger partial charge in [-0.15, -0.1) is 11.3 Å². The summed E-state index contributed by atoms with van der Waals surface area (Å²) in [6.45, 7) is 16.0. The van der Waals surface area contributed by atoms with Crippen LogP contribution in [-0.4, -0.2) is 124 Å². The first-order valence-electron chi connectivity index (χ1n) is 27.3. The summed E-state index contributed by atoms with van der Waals surface area (Å²) in [4.78, 5) is 92.3. The molecule has 1 aromatic heterocycles. The zero-order chi connectivity index (χ0) is 59.5. The van der Waals surface area contributed by atoms with E-state index < -0.39 is 53.2 Å². The van der Waals surface area contributed by atoms with E-state index in [-0.39, 0.29) is 90.9 Å².